The number of hydrogen-bond acceptors (Lipinski definition) is 4. The van der Waals surface area contributed by atoms with E-state index in [1.165, 1.54) is 36.4 Å². The summed E-state index contributed by atoms with van der Waals surface area (Å²) in [4.78, 5) is 11.6. The Balaban J connectivity index is 2.09. The lowest BCUT2D eigenvalue weighted by atomic mass is 10.0. The number of aldehydes is 1. The van der Waals surface area contributed by atoms with Crippen molar-refractivity contribution in [2.75, 3.05) is 0 Å². The van der Waals surface area contributed by atoms with Crippen molar-refractivity contribution in [2.24, 2.45) is 5.41 Å². The average Bonchev–Trinajstić information content (AvgIpc) is 3.27. The molecule has 0 spiro atoms. The van der Waals surface area contributed by atoms with Gasteiger partial charge in [0.1, 0.15) is 22.8 Å². The summed E-state index contributed by atoms with van der Waals surface area (Å²) in [5.74, 6) is -1.26. The molecule has 0 radical (unpaired) electrons. The number of rotatable bonds is 4. The Kier molecular flexibility index (Phi) is 3.53. The molecule has 0 aromatic heterocycles. The molecule has 6 heteroatoms. The van der Waals surface area contributed by atoms with E-state index in [9.17, 15) is 22.9 Å². The Morgan fingerprint density at radius 1 is 1.09 bits per heavy atom. The van der Waals surface area contributed by atoms with Crippen LogP contribution in [0.2, 0.25) is 0 Å². The fourth-order valence-corrected chi connectivity index (χ4v) is 5.25. The summed E-state index contributed by atoms with van der Waals surface area (Å²) in [6.45, 7) is 0. The van der Waals surface area contributed by atoms with Crippen LogP contribution in [0.5, 0.6) is 0 Å². The van der Waals surface area contributed by atoms with Crippen molar-refractivity contribution in [3.8, 4) is 6.07 Å². The van der Waals surface area contributed by atoms with Gasteiger partial charge in [0.25, 0.3) is 0 Å². The van der Waals surface area contributed by atoms with Crippen LogP contribution in [0.4, 0.5) is 4.39 Å². The van der Waals surface area contributed by atoms with E-state index in [-0.39, 0.29) is 4.90 Å². The Bertz CT molecular complexity index is 888. The smallest absolute Gasteiger partial charge is 0.183 e. The van der Waals surface area contributed by atoms with Crippen LogP contribution in [0.1, 0.15) is 11.5 Å². The third kappa shape index (κ3) is 2.25. The van der Waals surface area contributed by atoms with E-state index in [2.05, 4.69) is 0 Å². The van der Waals surface area contributed by atoms with E-state index >= 15 is 0 Å². The molecule has 0 aliphatic heterocycles. The van der Waals surface area contributed by atoms with E-state index in [0.717, 1.165) is 0 Å². The third-order valence-corrected chi connectivity index (χ3v) is 6.46. The first-order valence-electron chi connectivity index (χ1n) is 6.89. The molecule has 2 aromatic rings. The van der Waals surface area contributed by atoms with Gasteiger partial charge in [-0.25, -0.2) is 12.8 Å². The molecule has 116 valence electrons. The number of carbonyl (C=O) groups is 1. The fourth-order valence-electron chi connectivity index (χ4n) is 2.99. The van der Waals surface area contributed by atoms with E-state index in [1.807, 2.05) is 6.07 Å². The maximum absolute atomic E-state index is 13.1. The second-order valence-corrected chi connectivity index (χ2v) is 7.54. The molecule has 0 bridgehead atoms. The highest BCUT2D eigenvalue weighted by atomic mass is 32.2. The number of sulfone groups is 1. The molecular weight excluding hydrogens is 317 g/mol. The predicted octanol–water partition coefficient (Wildman–Crippen LogP) is 2.47. The molecule has 3 atom stereocenters. The SMILES string of the molecule is N#C[C@@]1(C=O)[C@H](c2ccc(F)cc2)[C@@H]1S(=O)(=O)c1ccccc1. The number of benzene rings is 2. The summed E-state index contributed by atoms with van der Waals surface area (Å²) in [7, 11) is -3.85. The topological polar surface area (TPSA) is 75.0 Å². The second kappa shape index (κ2) is 5.28. The summed E-state index contributed by atoms with van der Waals surface area (Å²) in [5.41, 5.74) is -1.17. The van der Waals surface area contributed by atoms with Gasteiger partial charge in [0, 0.05) is 5.92 Å². The van der Waals surface area contributed by atoms with Gasteiger partial charge in [-0.1, -0.05) is 30.3 Å². The first kappa shape index (κ1) is 15.4. The average molecular weight is 329 g/mol. The molecule has 3 rings (SSSR count). The van der Waals surface area contributed by atoms with Gasteiger partial charge in [0.2, 0.25) is 0 Å². The van der Waals surface area contributed by atoms with Crippen LogP contribution in [0.3, 0.4) is 0 Å². The van der Waals surface area contributed by atoms with Crippen LogP contribution in [-0.4, -0.2) is 20.0 Å². The highest BCUT2D eigenvalue weighted by Gasteiger charge is 2.72. The normalized spacial score (nSPS) is 26.3. The zero-order chi connectivity index (χ0) is 16.7. The van der Waals surface area contributed by atoms with Crippen LogP contribution in [-0.2, 0) is 14.6 Å². The molecule has 0 amide bonds. The largest absolute Gasteiger partial charge is 0.302 e. The zero-order valence-corrected chi connectivity index (χ0v) is 12.7. The molecule has 1 saturated carbocycles. The van der Waals surface area contributed by atoms with E-state index in [1.54, 1.807) is 18.2 Å². The molecule has 4 nitrogen and oxygen atoms in total. The van der Waals surface area contributed by atoms with Crippen LogP contribution in [0, 0.1) is 22.6 Å². The highest BCUT2D eigenvalue weighted by molar-refractivity contribution is 7.92. The van der Waals surface area contributed by atoms with Crippen molar-refractivity contribution in [1.29, 1.82) is 5.26 Å². The number of halogens is 1. The van der Waals surface area contributed by atoms with Gasteiger partial charge in [-0.15, -0.1) is 0 Å². The zero-order valence-electron chi connectivity index (χ0n) is 11.9. The summed E-state index contributed by atoms with van der Waals surface area (Å²) < 4.78 is 38.7. The van der Waals surface area contributed by atoms with Crippen LogP contribution in [0.25, 0.3) is 0 Å². The van der Waals surface area contributed by atoms with Crippen LogP contribution < -0.4 is 0 Å². The minimum atomic E-state index is -3.85. The molecule has 0 heterocycles. The molecule has 23 heavy (non-hydrogen) atoms. The van der Waals surface area contributed by atoms with Crippen molar-refractivity contribution in [1.82, 2.24) is 0 Å². The van der Waals surface area contributed by atoms with Gasteiger partial charge in [-0.2, -0.15) is 5.26 Å². The summed E-state index contributed by atoms with van der Waals surface area (Å²) in [5, 5.41) is 8.24. The quantitative estimate of drug-likeness (QED) is 0.808. The molecule has 1 aliphatic carbocycles. The monoisotopic (exact) mass is 329 g/mol. The van der Waals surface area contributed by atoms with Crippen molar-refractivity contribution in [3.63, 3.8) is 0 Å². The Morgan fingerprint density at radius 2 is 1.70 bits per heavy atom. The first-order valence-corrected chi connectivity index (χ1v) is 8.44. The van der Waals surface area contributed by atoms with Gasteiger partial charge >= 0.3 is 0 Å². The predicted molar refractivity (Wildman–Crippen MR) is 80.7 cm³/mol. The molecule has 2 aromatic carbocycles. The van der Waals surface area contributed by atoms with E-state index < -0.39 is 32.2 Å². The Hall–Kier alpha value is -2.52. The molecule has 1 fully saturated rings. The number of nitriles is 1. The molecule has 0 saturated heterocycles. The highest BCUT2D eigenvalue weighted by Crippen LogP contribution is 2.62. The van der Waals surface area contributed by atoms with Crippen molar-refractivity contribution in [2.45, 2.75) is 16.1 Å². The van der Waals surface area contributed by atoms with Gasteiger partial charge < -0.3 is 4.79 Å². The van der Waals surface area contributed by atoms with Gasteiger partial charge in [-0.3, -0.25) is 0 Å². The van der Waals surface area contributed by atoms with Crippen molar-refractivity contribution < 1.29 is 17.6 Å². The first-order chi connectivity index (χ1) is 11.0. The van der Waals surface area contributed by atoms with E-state index in [0.29, 0.717) is 11.8 Å². The minimum Gasteiger partial charge on any atom is -0.302 e. The van der Waals surface area contributed by atoms with Crippen molar-refractivity contribution in [3.05, 3.63) is 66.0 Å². The van der Waals surface area contributed by atoms with Gasteiger partial charge in [0.05, 0.1) is 11.0 Å². The third-order valence-electron chi connectivity index (χ3n) is 4.20. The summed E-state index contributed by atoms with van der Waals surface area (Å²) in [6, 6.07) is 14.8. The molecule has 1 aliphatic rings. The van der Waals surface area contributed by atoms with Crippen LogP contribution >= 0.6 is 0 Å². The molecule has 0 unspecified atom stereocenters. The van der Waals surface area contributed by atoms with Crippen LogP contribution in [0.15, 0.2) is 59.5 Å². The maximum Gasteiger partial charge on any atom is 0.183 e. The van der Waals surface area contributed by atoms with E-state index in [4.69, 9.17) is 0 Å². The van der Waals surface area contributed by atoms with Crippen molar-refractivity contribution >= 4 is 16.1 Å². The summed E-state index contributed by atoms with van der Waals surface area (Å²) in [6.07, 6.45) is 0.395. The Morgan fingerprint density at radius 3 is 2.22 bits per heavy atom. The lowest BCUT2D eigenvalue weighted by molar-refractivity contribution is -0.110. The maximum atomic E-state index is 13.1. The van der Waals surface area contributed by atoms with Gasteiger partial charge in [-0.05, 0) is 29.8 Å². The summed E-state index contributed by atoms with van der Waals surface area (Å²) >= 11 is 0. The fraction of sp³-hybridized carbons (Fsp3) is 0.176. The number of nitrogens with zero attached hydrogens (tertiary/aromatic N) is 1. The number of hydrogen-bond donors (Lipinski definition) is 0. The lowest BCUT2D eigenvalue weighted by Crippen LogP contribution is -2.16. The standard InChI is InChI=1S/C17H12FNO3S/c18-13-8-6-12(7-9-13)15-16(17(15,10-19)11-20)23(21,22)14-4-2-1-3-5-14/h1-9,11,15-16H/t15-,16+,17-/m1/s1. The number of carbonyl (C=O) groups excluding carboxylic acids is 1. The second-order valence-electron chi connectivity index (χ2n) is 5.47. The molecule has 0 N–H and O–H groups in total. The lowest BCUT2D eigenvalue weighted by Gasteiger charge is -2.03. The van der Waals surface area contributed by atoms with Gasteiger partial charge in [0.15, 0.2) is 9.84 Å². The molecular formula is C17H12FNO3S. The Labute approximate surface area is 133 Å². The minimum absolute atomic E-state index is 0.0658.